The molecule has 24 heavy (non-hydrogen) atoms. The minimum Gasteiger partial charge on any atom is -0.441 e. The molecular formula is C18H20N2O3S. The van der Waals surface area contributed by atoms with E-state index < -0.39 is 10.0 Å². The number of aromatic nitrogens is 1. The molecule has 3 aromatic rings. The van der Waals surface area contributed by atoms with Crippen LogP contribution in [0.15, 0.2) is 51.8 Å². The molecule has 0 aliphatic carbocycles. The number of aryl methyl sites for hydroxylation is 1. The third-order valence-electron chi connectivity index (χ3n) is 4.12. The highest BCUT2D eigenvalue weighted by Gasteiger charge is 2.15. The van der Waals surface area contributed by atoms with Gasteiger partial charge in [-0.05, 0) is 48.2 Å². The lowest BCUT2D eigenvalue weighted by Crippen LogP contribution is -2.13. The molecule has 0 amide bonds. The van der Waals surface area contributed by atoms with Crippen LogP contribution in [0.4, 0.5) is 5.69 Å². The highest BCUT2D eigenvalue weighted by molar-refractivity contribution is 7.92. The Balaban J connectivity index is 1.86. The second kappa shape index (κ2) is 6.28. The second-order valence-electron chi connectivity index (χ2n) is 5.90. The van der Waals surface area contributed by atoms with E-state index in [9.17, 15) is 8.42 Å². The first-order valence-electron chi connectivity index (χ1n) is 7.89. The molecule has 0 aliphatic heterocycles. The number of oxazole rings is 1. The van der Waals surface area contributed by atoms with E-state index >= 15 is 0 Å². The van der Waals surface area contributed by atoms with Crippen molar-refractivity contribution in [2.75, 3.05) is 4.72 Å². The number of hydrogen-bond donors (Lipinski definition) is 1. The van der Waals surface area contributed by atoms with Gasteiger partial charge in [0.1, 0.15) is 5.52 Å². The summed E-state index contributed by atoms with van der Waals surface area (Å²) < 4.78 is 33.1. The van der Waals surface area contributed by atoms with Crippen LogP contribution in [0.2, 0.25) is 0 Å². The molecule has 0 aliphatic rings. The summed E-state index contributed by atoms with van der Waals surface area (Å²) in [6.45, 7) is 5.98. The molecule has 0 bridgehead atoms. The van der Waals surface area contributed by atoms with Gasteiger partial charge >= 0.3 is 0 Å². The first-order chi connectivity index (χ1) is 11.4. The molecule has 0 saturated heterocycles. The average molecular weight is 344 g/mol. The molecule has 0 unspecified atom stereocenters. The molecule has 1 heterocycles. The summed E-state index contributed by atoms with van der Waals surface area (Å²) in [7, 11) is -3.63. The van der Waals surface area contributed by atoms with Gasteiger partial charge in [0, 0.05) is 6.92 Å². The Hall–Kier alpha value is -2.34. The lowest BCUT2D eigenvalue weighted by Gasteiger charge is -2.11. The van der Waals surface area contributed by atoms with Crippen LogP contribution in [-0.2, 0) is 10.0 Å². The van der Waals surface area contributed by atoms with Crippen LogP contribution in [0.5, 0.6) is 0 Å². The van der Waals surface area contributed by atoms with Crippen molar-refractivity contribution < 1.29 is 12.8 Å². The Labute approximate surface area is 141 Å². The molecule has 5 nitrogen and oxygen atoms in total. The molecule has 0 radical (unpaired) electrons. The summed E-state index contributed by atoms with van der Waals surface area (Å²) in [6.07, 6.45) is 1.02. The van der Waals surface area contributed by atoms with Gasteiger partial charge in [-0.1, -0.05) is 26.0 Å². The van der Waals surface area contributed by atoms with Crippen molar-refractivity contribution in [2.24, 2.45) is 0 Å². The molecular weight excluding hydrogens is 324 g/mol. The predicted octanol–water partition coefficient (Wildman–Crippen LogP) is 4.45. The van der Waals surface area contributed by atoms with Gasteiger partial charge < -0.3 is 4.42 Å². The lowest BCUT2D eigenvalue weighted by molar-refractivity contribution is 0.561. The van der Waals surface area contributed by atoms with Gasteiger partial charge in [0.25, 0.3) is 10.0 Å². The number of benzene rings is 2. The van der Waals surface area contributed by atoms with Crippen LogP contribution < -0.4 is 4.72 Å². The fourth-order valence-electron chi connectivity index (χ4n) is 2.53. The molecule has 3 rings (SSSR count). The fraction of sp³-hybridized carbons (Fsp3) is 0.278. The van der Waals surface area contributed by atoms with Gasteiger partial charge in [-0.25, -0.2) is 13.4 Å². The van der Waals surface area contributed by atoms with Crippen LogP contribution in [0.25, 0.3) is 11.1 Å². The van der Waals surface area contributed by atoms with E-state index in [0.29, 0.717) is 28.6 Å². The van der Waals surface area contributed by atoms with Crippen molar-refractivity contribution in [3.8, 4) is 0 Å². The molecule has 126 valence electrons. The van der Waals surface area contributed by atoms with Crippen molar-refractivity contribution in [1.29, 1.82) is 0 Å². The average Bonchev–Trinajstić information content (AvgIpc) is 2.93. The predicted molar refractivity (Wildman–Crippen MR) is 94.7 cm³/mol. The maximum Gasteiger partial charge on any atom is 0.261 e. The summed E-state index contributed by atoms with van der Waals surface area (Å²) in [4.78, 5) is 4.46. The second-order valence-corrected chi connectivity index (χ2v) is 7.58. The summed E-state index contributed by atoms with van der Waals surface area (Å²) in [5, 5.41) is 0. The summed E-state index contributed by atoms with van der Waals surface area (Å²) in [5.74, 6) is 0.957. The van der Waals surface area contributed by atoms with E-state index in [-0.39, 0.29) is 4.90 Å². The number of hydrogen-bond acceptors (Lipinski definition) is 4. The highest BCUT2D eigenvalue weighted by Crippen LogP contribution is 2.24. The minimum absolute atomic E-state index is 0.242. The van der Waals surface area contributed by atoms with Gasteiger partial charge in [0.15, 0.2) is 11.5 Å². The van der Waals surface area contributed by atoms with Gasteiger partial charge in [-0.2, -0.15) is 0 Å². The summed E-state index contributed by atoms with van der Waals surface area (Å²) in [6, 6.07) is 12.1. The number of fused-ring (bicyclic) bond motifs is 1. The molecule has 1 atom stereocenters. The van der Waals surface area contributed by atoms with Crippen molar-refractivity contribution >= 4 is 26.8 Å². The fourth-order valence-corrected chi connectivity index (χ4v) is 3.58. The number of nitrogens with zero attached hydrogens (tertiary/aromatic N) is 1. The number of nitrogens with one attached hydrogen (secondary N) is 1. The highest BCUT2D eigenvalue weighted by atomic mass is 32.2. The number of sulfonamides is 1. The molecule has 0 fully saturated rings. The van der Waals surface area contributed by atoms with E-state index in [4.69, 9.17) is 4.42 Å². The standard InChI is InChI=1S/C18H20N2O3S/c1-4-12(2)14-5-8-16(9-6-14)24(21,22)20-15-7-10-18-17(11-15)19-13(3)23-18/h5-12,20H,4H2,1-3H3/t12-/m1/s1. The van der Waals surface area contributed by atoms with E-state index in [0.717, 1.165) is 12.0 Å². The van der Waals surface area contributed by atoms with Gasteiger partial charge in [0.05, 0.1) is 10.6 Å². The van der Waals surface area contributed by atoms with Crippen molar-refractivity contribution in [2.45, 2.75) is 38.0 Å². The van der Waals surface area contributed by atoms with Gasteiger partial charge in [-0.15, -0.1) is 0 Å². The first-order valence-corrected chi connectivity index (χ1v) is 9.37. The molecule has 1 N–H and O–H groups in total. The van der Waals surface area contributed by atoms with Gasteiger partial charge in [0.2, 0.25) is 0 Å². The lowest BCUT2D eigenvalue weighted by atomic mass is 9.99. The first kappa shape index (κ1) is 16.5. The number of anilines is 1. The summed E-state index contributed by atoms with van der Waals surface area (Å²) in [5.41, 5.74) is 2.85. The van der Waals surface area contributed by atoms with Crippen LogP contribution in [-0.4, -0.2) is 13.4 Å². The zero-order chi connectivity index (χ0) is 17.3. The third kappa shape index (κ3) is 3.28. The normalized spacial score (nSPS) is 13.1. The molecule has 0 saturated carbocycles. The van der Waals surface area contributed by atoms with Crippen LogP contribution >= 0.6 is 0 Å². The monoisotopic (exact) mass is 344 g/mol. The number of rotatable bonds is 5. The Bertz CT molecular complexity index is 960. The smallest absolute Gasteiger partial charge is 0.261 e. The van der Waals surface area contributed by atoms with Crippen molar-refractivity contribution in [1.82, 2.24) is 4.98 Å². The van der Waals surface area contributed by atoms with E-state index in [2.05, 4.69) is 23.6 Å². The Morgan fingerprint density at radius 3 is 2.54 bits per heavy atom. The molecule has 2 aromatic carbocycles. The Morgan fingerprint density at radius 1 is 1.17 bits per heavy atom. The van der Waals surface area contributed by atoms with Crippen LogP contribution in [0, 0.1) is 6.92 Å². The third-order valence-corrected chi connectivity index (χ3v) is 5.52. The van der Waals surface area contributed by atoms with E-state index in [1.807, 2.05) is 12.1 Å². The maximum absolute atomic E-state index is 12.5. The summed E-state index contributed by atoms with van der Waals surface area (Å²) >= 11 is 0. The minimum atomic E-state index is -3.63. The quantitative estimate of drug-likeness (QED) is 0.742. The topological polar surface area (TPSA) is 72.2 Å². The Kier molecular flexibility index (Phi) is 4.32. The zero-order valence-corrected chi connectivity index (χ0v) is 14.7. The molecule has 6 heteroatoms. The zero-order valence-electron chi connectivity index (χ0n) is 13.9. The Morgan fingerprint density at radius 2 is 1.88 bits per heavy atom. The molecule has 1 aromatic heterocycles. The van der Waals surface area contributed by atoms with Crippen molar-refractivity contribution in [3.63, 3.8) is 0 Å². The van der Waals surface area contributed by atoms with Gasteiger partial charge in [-0.3, -0.25) is 4.72 Å². The molecule has 0 spiro atoms. The van der Waals surface area contributed by atoms with Crippen molar-refractivity contribution in [3.05, 3.63) is 53.9 Å². The maximum atomic E-state index is 12.5. The van der Waals surface area contributed by atoms with Crippen LogP contribution in [0.1, 0.15) is 37.6 Å². The van der Waals surface area contributed by atoms with E-state index in [1.54, 1.807) is 37.3 Å². The van der Waals surface area contributed by atoms with E-state index in [1.165, 1.54) is 0 Å². The van der Waals surface area contributed by atoms with Crippen LogP contribution in [0.3, 0.4) is 0 Å². The largest absolute Gasteiger partial charge is 0.441 e. The SMILES string of the molecule is CC[C@@H](C)c1ccc(S(=O)(=O)Nc2ccc3oc(C)nc3c2)cc1.